The molecule has 1 aromatic heterocycles. The molecule has 2 heterocycles. The highest BCUT2D eigenvalue weighted by Crippen LogP contribution is 2.21. The van der Waals surface area contributed by atoms with Crippen molar-refractivity contribution >= 4 is 23.2 Å². The van der Waals surface area contributed by atoms with Crippen molar-refractivity contribution in [3.63, 3.8) is 0 Å². The lowest BCUT2D eigenvalue weighted by Crippen LogP contribution is -2.35. The van der Waals surface area contributed by atoms with Crippen molar-refractivity contribution in [2.45, 2.75) is 19.2 Å². The fourth-order valence-electron chi connectivity index (χ4n) is 1.94. The highest BCUT2D eigenvalue weighted by Gasteiger charge is 2.22. The molecule has 0 radical (unpaired) electrons. The van der Waals surface area contributed by atoms with Crippen LogP contribution in [0.5, 0.6) is 0 Å². The van der Waals surface area contributed by atoms with E-state index in [0.717, 1.165) is 37.4 Å². The number of hydrogen-bond donors (Lipinski definition) is 1. The number of nitrogens with one attached hydrogen (secondary N) is 1. The van der Waals surface area contributed by atoms with E-state index in [1.165, 1.54) is 4.88 Å². The smallest absolute Gasteiger partial charge is 0.270 e. The molecule has 0 aliphatic carbocycles. The van der Waals surface area contributed by atoms with Crippen LogP contribution in [0.1, 0.15) is 4.88 Å². The van der Waals surface area contributed by atoms with E-state index in [2.05, 4.69) is 21.2 Å². The predicted octanol–water partition coefficient (Wildman–Crippen LogP) is 1.56. The first kappa shape index (κ1) is 11.4. The first-order valence-electron chi connectivity index (χ1n) is 5.56. The van der Waals surface area contributed by atoms with Crippen LogP contribution >= 0.6 is 11.3 Å². The Morgan fingerprint density at radius 2 is 2.38 bits per heavy atom. The summed E-state index contributed by atoms with van der Waals surface area (Å²) in [5.74, 6) is 2.36. The van der Waals surface area contributed by atoms with Crippen LogP contribution in [0.2, 0.25) is 12.6 Å². The lowest BCUT2D eigenvalue weighted by Gasteiger charge is -2.26. The van der Waals surface area contributed by atoms with Gasteiger partial charge in [-0.15, -0.1) is 11.3 Å². The Hall–Kier alpha value is -1.06. The molecule has 1 aliphatic heterocycles. The van der Waals surface area contributed by atoms with Crippen molar-refractivity contribution < 1.29 is 0 Å². The average molecular weight is 234 g/mol. The monoisotopic (exact) mass is 234 g/mol. The summed E-state index contributed by atoms with van der Waals surface area (Å²) in [6.07, 6.45) is 3.95. The summed E-state index contributed by atoms with van der Waals surface area (Å²) < 4.78 is 0. The number of hydrogen-bond acceptors (Lipinski definition) is 5. The second-order valence-corrected chi connectivity index (χ2v) is 5.18. The number of nitrogens with zero attached hydrogens (tertiary/aromatic N) is 3. The molecule has 1 aliphatic rings. The molecule has 1 saturated heterocycles. The fourth-order valence-corrected chi connectivity index (χ4v) is 2.75. The van der Waals surface area contributed by atoms with Crippen LogP contribution in [0, 0.1) is 11.2 Å². The summed E-state index contributed by atoms with van der Waals surface area (Å²) >= 11 is 1.70. The van der Waals surface area contributed by atoms with Gasteiger partial charge in [0.1, 0.15) is 0 Å². The quantitative estimate of drug-likeness (QED) is 0.806. The van der Waals surface area contributed by atoms with Gasteiger partial charge in [0.2, 0.25) is 0 Å². The Morgan fingerprint density at radius 3 is 2.94 bits per heavy atom. The molecule has 0 atom stereocenters. The molecule has 0 unspecified atom stereocenters. The summed E-state index contributed by atoms with van der Waals surface area (Å²) in [6.45, 7) is 3.30. The van der Waals surface area contributed by atoms with Gasteiger partial charge in [0.15, 0.2) is 5.13 Å². The third-order valence-corrected chi connectivity index (χ3v) is 3.92. The van der Waals surface area contributed by atoms with Crippen molar-refractivity contribution in [1.29, 1.82) is 5.26 Å². The van der Waals surface area contributed by atoms with E-state index in [9.17, 15) is 0 Å². The van der Waals surface area contributed by atoms with E-state index in [0.29, 0.717) is 0 Å². The van der Waals surface area contributed by atoms with Gasteiger partial charge in [-0.05, 0) is 25.7 Å². The van der Waals surface area contributed by atoms with E-state index in [4.69, 9.17) is 5.26 Å². The first-order valence-corrected chi connectivity index (χ1v) is 6.38. The molecular formula is C10H15BN4S. The van der Waals surface area contributed by atoms with Crippen molar-refractivity contribution in [3.05, 3.63) is 11.1 Å². The van der Waals surface area contributed by atoms with Gasteiger partial charge >= 0.3 is 0 Å². The van der Waals surface area contributed by atoms with Crippen LogP contribution in [0.25, 0.3) is 0 Å². The second-order valence-electron chi connectivity index (χ2n) is 4.06. The summed E-state index contributed by atoms with van der Waals surface area (Å²) in [6, 6.07) is 0. The van der Waals surface area contributed by atoms with Gasteiger partial charge in [-0.25, -0.2) is 10.2 Å². The lowest BCUT2D eigenvalue weighted by molar-refractivity contribution is 0.287. The number of nitriles is 1. The van der Waals surface area contributed by atoms with E-state index in [1.807, 2.05) is 13.2 Å². The Bertz CT molecular complexity index is 378. The zero-order valence-electron chi connectivity index (χ0n) is 9.44. The Labute approximate surface area is 100 Å². The molecule has 1 fully saturated rings. The summed E-state index contributed by atoms with van der Waals surface area (Å²) in [5, 5.41) is 12.8. The van der Waals surface area contributed by atoms with Gasteiger partial charge in [-0.2, -0.15) is 0 Å². The van der Waals surface area contributed by atoms with E-state index in [1.54, 1.807) is 11.3 Å². The van der Waals surface area contributed by atoms with Crippen molar-refractivity contribution in [2.75, 3.05) is 25.5 Å². The first-order chi connectivity index (χ1) is 7.81. The van der Waals surface area contributed by atoms with Crippen LogP contribution in [0.15, 0.2) is 6.20 Å². The minimum Gasteiger partial charge on any atom is -0.365 e. The van der Waals surface area contributed by atoms with Crippen LogP contribution in [-0.2, 0) is 6.54 Å². The maximum absolute atomic E-state index is 8.82. The average Bonchev–Trinajstić information content (AvgIpc) is 2.78. The van der Waals surface area contributed by atoms with Crippen LogP contribution < -0.4 is 5.32 Å². The van der Waals surface area contributed by atoms with Crippen LogP contribution in [0.3, 0.4) is 0 Å². The van der Waals surface area contributed by atoms with E-state index < -0.39 is 0 Å². The Kier molecular flexibility index (Phi) is 3.81. The number of rotatable bonds is 3. The fraction of sp³-hybridized carbons (Fsp3) is 0.600. The number of anilines is 1. The van der Waals surface area contributed by atoms with Gasteiger partial charge in [0.25, 0.3) is 6.71 Å². The standard InChI is InChI=1S/C10H15BN4S/c1-13-10-14-6-9(16-10)7-15-4-2-11(8-12)3-5-15/h6H,2-5,7H2,1H3,(H,13,14). The van der Waals surface area contributed by atoms with Gasteiger partial charge < -0.3 is 5.32 Å². The normalized spacial score (nSPS) is 17.1. The van der Waals surface area contributed by atoms with Gasteiger partial charge in [-0.3, -0.25) is 4.90 Å². The SMILES string of the molecule is CNc1ncc(CN2CCB(C#N)CC2)s1. The highest BCUT2D eigenvalue weighted by molar-refractivity contribution is 7.15. The minimum atomic E-state index is 0.269. The molecular weight excluding hydrogens is 219 g/mol. The molecule has 84 valence electrons. The molecule has 0 saturated carbocycles. The zero-order valence-corrected chi connectivity index (χ0v) is 10.3. The van der Waals surface area contributed by atoms with Crippen molar-refractivity contribution in [2.24, 2.45) is 0 Å². The summed E-state index contributed by atoms with van der Waals surface area (Å²) in [4.78, 5) is 7.95. The molecule has 0 aromatic carbocycles. The molecule has 0 amide bonds. The third-order valence-electron chi connectivity index (χ3n) is 2.92. The van der Waals surface area contributed by atoms with Gasteiger partial charge in [-0.1, -0.05) is 0 Å². The second kappa shape index (κ2) is 5.33. The van der Waals surface area contributed by atoms with Crippen LogP contribution in [-0.4, -0.2) is 36.7 Å². The molecule has 4 nitrogen and oxygen atoms in total. The third kappa shape index (κ3) is 2.74. The van der Waals surface area contributed by atoms with Gasteiger partial charge in [0.05, 0.1) is 0 Å². The predicted molar refractivity (Wildman–Crippen MR) is 67.9 cm³/mol. The lowest BCUT2D eigenvalue weighted by atomic mass is 9.45. The Balaban J connectivity index is 1.85. The molecule has 16 heavy (non-hydrogen) atoms. The van der Waals surface area contributed by atoms with Crippen molar-refractivity contribution in [1.82, 2.24) is 9.88 Å². The summed E-state index contributed by atoms with van der Waals surface area (Å²) in [7, 11) is 1.89. The Morgan fingerprint density at radius 1 is 1.62 bits per heavy atom. The highest BCUT2D eigenvalue weighted by atomic mass is 32.1. The molecule has 2 rings (SSSR count). The maximum atomic E-state index is 8.82. The molecule has 1 aromatic rings. The number of thiazole rings is 1. The maximum Gasteiger partial charge on any atom is 0.270 e. The topological polar surface area (TPSA) is 52.0 Å². The largest absolute Gasteiger partial charge is 0.365 e. The minimum absolute atomic E-state index is 0.269. The zero-order chi connectivity index (χ0) is 11.4. The molecule has 0 spiro atoms. The number of aromatic nitrogens is 1. The van der Waals surface area contributed by atoms with Crippen LogP contribution in [0.4, 0.5) is 5.13 Å². The molecule has 6 heteroatoms. The van der Waals surface area contributed by atoms with E-state index in [-0.39, 0.29) is 6.71 Å². The van der Waals surface area contributed by atoms with Gasteiger partial charge in [0, 0.05) is 30.6 Å². The van der Waals surface area contributed by atoms with Crippen molar-refractivity contribution in [3.8, 4) is 5.97 Å². The summed E-state index contributed by atoms with van der Waals surface area (Å²) in [5.41, 5.74) is 0. The van der Waals surface area contributed by atoms with E-state index >= 15 is 0 Å². The molecule has 0 bridgehead atoms. The molecule has 1 N–H and O–H groups in total.